The molecule has 4 aromatic heterocycles. The van der Waals surface area contributed by atoms with Gasteiger partial charge in [-0.2, -0.15) is 0 Å². The fraction of sp³-hybridized carbons (Fsp3) is 0.300. The van der Waals surface area contributed by atoms with Crippen molar-refractivity contribution in [1.82, 2.24) is 30.1 Å². The van der Waals surface area contributed by atoms with Gasteiger partial charge in [0.05, 0.1) is 26.0 Å². The molecule has 0 saturated carbocycles. The average molecular weight is 411 g/mol. The minimum atomic E-state index is -0.132. The molecule has 8 nitrogen and oxygen atoms in total. The highest BCUT2D eigenvalue weighted by atomic mass is 32.1. The highest BCUT2D eigenvalue weighted by Crippen LogP contribution is 2.33. The Labute approximate surface area is 172 Å². The van der Waals surface area contributed by atoms with E-state index in [9.17, 15) is 0 Å². The molecule has 0 saturated heterocycles. The number of furan rings is 1. The molecule has 0 aliphatic heterocycles. The van der Waals surface area contributed by atoms with Gasteiger partial charge in [-0.15, -0.1) is 16.4 Å². The molecule has 0 bridgehead atoms. The third kappa shape index (κ3) is 4.76. The average Bonchev–Trinajstić information content (AvgIpc) is 3.51. The van der Waals surface area contributed by atoms with Crippen molar-refractivity contribution in [2.45, 2.75) is 25.7 Å². The minimum absolute atomic E-state index is 0.132. The largest absolute Gasteiger partial charge is 0.468 e. The highest BCUT2D eigenvalue weighted by Gasteiger charge is 2.29. The summed E-state index contributed by atoms with van der Waals surface area (Å²) in [7, 11) is 1.67. The van der Waals surface area contributed by atoms with Crippen LogP contribution in [0.25, 0.3) is 0 Å². The van der Waals surface area contributed by atoms with E-state index in [2.05, 4.69) is 42.9 Å². The SMILES string of the molecule is COCCn1nnnc1[C@@H](c1cccs1)N(Cc1cccnc1)Cc1ccco1. The highest BCUT2D eigenvalue weighted by molar-refractivity contribution is 7.10. The molecule has 0 aliphatic rings. The van der Waals surface area contributed by atoms with E-state index in [1.807, 2.05) is 35.1 Å². The lowest BCUT2D eigenvalue weighted by molar-refractivity contribution is 0.165. The Balaban J connectivity index is 1.73. The number of aromatic nitrogens is 5. The van der Waals surface area contributed by atoms with Crippen molar-refractivity contribution in [3.8, 4) is 0 Å². The van der Waals surface area contributed by atoms with Gasteiger partial charge in [-0.25, -0.2) is 4.68 Å². The molecule has 4 aromatic rings. The van der Waals surface area contributed by atoms with Crippen molar-refractivity contribution >= 4 is 11.3 Å². The second-order valence-corrected chi connectivity index (χ2v) is 7.50. The number of methoxy groups -OCH3 is 1. The van der Waals surface area contributed by atoms with Crippen LogP contribution < -0.4 is 0 Å². The summed E-state index contributed by atoms with van der Waals surface area (Å²) in [4.78, 5) is 7.73. The zero-order chi connectivity index (χ0) is 19.9. The molecule has 0 spiro atoms. The lowest BCUT2D eigenvalue weighted by atomic mass is 10.1. The van der Waals surface area contributed by atoms with Crippen molar-refractivity contribution in [1.29, 1.82) is 0 Å². The number of pyridine rings is 1. The van der Waals surface area contributed by atoms with Gasteiger partial charge in [-0.05, 0) is 45.6 Å². The predicted molar refractivity (Wildman–Crippen MR) is 108 cm³/mol. The van der Waals surface area contributed by atoms with Crippen LogP contribution in [0.2, 0.25) is 0 Å². The fourth-order valence-electron chi connectivity index (χ4n) is 3.23. The lowest BCUT2D eigenvalue weighted by Crippen LogP contribution is -2.31. The summed E-state index contributed by atoms with van der Waals surface area (Å²) in [5, 5.41) is 14.6. The van der Waals surface area contributed by atoms with Crippen LogP contribution in [0.3, 0.4) is 0 Å². The first kappa shape index (κ1) is 19.4. The van der Waals surface area contributed by atoms with Crippen molar-refractivity contribution in [3.63, 3.8) is 0 Å². The van der Waals surface area contributed by atoms with E-state index in [1.54, 1.807) is 30.9 Å². The quantitative estimate of drug-likeness (QED) is 0.397. The molecule has 9 heteroatoms. The number of tetrazole rings is 1. The van der Waals surface area contributed by atoms with E-state index in [-0.39, 0.29) is 6.04 Å². The zero-order valence-corrected chi connectivity index (χ0v) is 16.9. The van der Waals surface area contributed by atoms with Crippen molar-refractivity contribution in [2.24, 2.45) is 0 Å². The van der Waals surface area contributed by atoms with Crippen molar-refractivity contribution < 1.29 is 9.15 Å². The molecule has 150 valence electrons. The van der Waals surface area contributed by atoms with Crippen molar-refractivity contribution in [2.75, 3.05) is 13.7 Å². The van der Waals surface area contributed by atoms with Gasteiger partial charge in [0.15, 0.2) is 5.82 Å². The van der Waals surface area contributed by atoms with Gasteiger partial charge in [0.2, 0.25) is 0 Å². The summed E-state index contributed by atoms with van der Waals surface area (Å²) in [5.74, 6) is 1.66. The van der Waals surface area contributed by atoms with Crippen molar-refractivity contribution in [3.05, 3.63) is 82.5 Å². The fourth-order valence-corrected chi connectivity index (χ4v) is 4.08. The van der Waals surface area contributed by atoms with Crippen LogP contribution in [0, 0.1) is 0 Å². The first-order valence-electron chi connectivity index (χ1n) is 9.29. The Kier molecular flexibility index (Phi) is 6.40. The molecule has 0 amide bonds. The molecule has 0 aliphatic carbocycles. The number of nitrogens with zero attached hydrogens (tertiary/aromatic N) is 6. The summed E-state index contributed by atoms with van der Waals surface area (Å²) in [5.41, 5.74) is 1.11. The van der Waals surface area contributed by atoms with Gasteiger partial charge >= 0.3 is 0 Å². The summed E-state index contributed by atoms with van der Waals surface area (Å²) >= 11 is 1.69. The van der Waals surface area contributed by atoms with Gasteiger partial charge in [0, 0.05) is 30.9 Å². The second-order valence-electron chi connectivity index (χ2n) is 6.52. The lowest BCUT2D eigenvalue weighted by Gasteiger charge is -2.29. The standard InChI is InChI=1S/C20H22N6O2S/c1-27-11-9-26-20(22-23-24-26)19(18-7-4-12-29-18)25(15-17-6-3-10-28-17)14-16-5-2-8-21-13-16/h2-8,10,12-13,19H,9,11,14-15H2,1H3/t19-/m1/s1. The number of thiophene rings is 1. The van der Waals surface area contributed by atoms with Gasteiger partial charge in [0.1, 0.15) is 11.8 Å². The van der Waals surface area contributed by atoms with Gasteiger partial charge < -0.3 is 9.15 Å². The summed E-state index contributed by atoms with van der Waals surface area (Å²) in [6, 6.07) is 11.9. The first-order chi connectivity index (χ1) is 14.3. The number of hydrogen-bond acceptors (Lipinski definition) is 8. The molecule has 0 unspecified atom stereocenters. The molecular weight excluding hydrogens is 388 g/mol. The van der Waals surface area contributed by atoms with Gasteiger partial charge in [-0.1, -0.05) is 12.1 Å². The second kappa shape index (κ2) is 9.55. The van der Waals surface area contributed by atoms with Crippen LogP contribution in [0.1, 0.15) is 28.1 Å². The van der Waals surface area contributed by atoms with Crippen LogP contribution in [0.15, 0.2) is 64.9 Å². The van der Waals surface area contributed by atoms with Gasteiger partial charge in [-0.3, -0.25) is 9.88 Å². The van der Waals surface area contributed by atoms with E-state index in [4.69, 9.17) is 9.15 Å². The Bertz CT molecular complexity index is 972. The third-order valence-corrected chi connectivity index (χ3v) is 5.46. The summed E-state index contributed by atoms with van der Waals surface area (Å²) < 4.78 is 12.7. The molecule has 4 heterocycles. The van der Waals surface area contributed by atoms with E-state index in [0.717, 1.165) is 22.0 Å². The molecule has 0 radical (unpaired) electrons. The maximum absolute atomic E-state index is 5.65. The maximum atomic E-state index is 5.65. The monoisotopic (exact) mass is 410 g/mol. The van der Waals surface area contributed by atoms with Crippen LogP contribution in [0.5, 0.6) is 0 Å². The number of ether oxygens (including phenoxy) is 1. The van der Waals surface area contributed by atoms with E-state index in [0.29, 0.717) is 26.2 Å². The van der Waals surface area contributed by atoms with E-state index < -0.39 is 0 Å². The molecule has 1 atom stereocenters. The summed E-state index contributed by atoms with van der Waals surface area (Å²) in [6.45, 7) is 2.41. The normalized spacial score (nSPS) is 12.5. The number of hydrogen-bond donors (Lipinski definition) is 0. The van der Waals surface area contributed by atoms with Crippen LogP contribution >= 0.6 is 11.3 Å². The molecule has 0 fully saturated rings. The Morgan fingerprint density at radius 1 is 1.21 bits per heavy atom. The molecular formula is C20H22N6O2S. The Hall–Kier alpha value is -2.88. The molecule has 4 rings (SSSR count). The summed E-state index contributed by atoms with van der Waals surface area (Å²) in [6.07, 6.45) is 5.36. The Morgan fingerprint density at radius 3 is 2.90 bits per heavy atom. The predicted octanol–water partition coefficient (Wildman–Crippen LogP) is 3.16. The maximum Gasteiger partial charge on any atom is 0.173 e. The smallest absolute Gasteiger partial charge is 0.173 e. The van der Waals surface area contributed by atoms with Crippen LogP contribution in [-0.2, 0) is 24.4 Å². The minimum Gasteiger partial charge on any atom is -0.468 e. The number of rotatable bonds is 10. The van der Waals surface area contributed by atoms with Gasteiger partial charge in [0.25, 0.3) is 0 Å². The Morgan fingerprint density at radius 2 is 2.17 bits per heavy atom. The van der Waals surface area contributed by atoms with Crippen LogP contribution in [0.4, 0.5) is 0 Å². The van der Waals surface area contributed by atoms with E-state index >= 15 is 0 Å². The zero-order valence-electron chi connectivity index (χ0n) is 16.1. The molecule has 0 aromatic carbocycles. The molecule has 29 heavy (non-hydrogen) atoms. The first-order valence-corrected chi connectivity index (χ1v) is 10.2. The third-order valence-electron chi connectivity index (χ3n) is 4.54. The van der Waals surface area contributed by atoms with Crippen LogP contribution in [-0.4, -0.2) is 43.8 Å². The van der Waals surface area contributed by atoms with E-state index in [1.165, 1.54) is 0 Å². The topological polar surface area (TPSA) is 82.1 Å². The molecule has 0 N–H and O–H groups in total.